The molecule has 2 unspecified atom stereocenters. The zero-order valence-corrected chi connectivity index (χ0v) is 12.2. The Balaban J connectivity index is 2.37. The number of benzene rings is 1. The first kappa shape index (κ1) is 13.8. The van der Waals surface area contributed by atoms with Gasteiger partial charge in [-0.15, -0.1) is 11.6 Å². The van der Waals surface area contributed by atoms with E-state index in [-0.39, 0.29) is 5.88 Å². The van der Waals surface area contributed by atoms with Crippen LogP contribution in [0.4, 0.5) is 0 Å². The molecule has 0 bridgehead atoms. The Bertz CT molecular complexity index is 520. The number of halogens is 1. The van der Waals surface area contributed by atoms with Gasteiger partial charge in [0.25, 0.3) is 0 Å². The largest absolute Gasteiger partial charge is 0.243 e. The van der Waals surface area contributed by atoms with Crippen LogP contribution in [0.5, 0.6) is 0 Å². The maximum Gasteiger partial charge on any atom is 0.243 e. The second-order valence-corrected chi connectivity index (χ2v) is 7.19. The molecule has 1 aliphatic rings. The average molecular weight is 288 g/mol. The summed E-state index contributed by atoms with van der Waals surface area (Å²) >= 11 is 5.82. The quantitative estimate of drug-likeness (QED) is 0.802. The lowest BCUT2D eigenvalue weighted by molar-refractivity contribution is 0.463. The van der Waals surface area contributed by atoms with Crippen molar-refractivity contribution in [3.63, 3.8) is 0 Å². The van der Waals surface area contributed by atoms with Crippen molar-refractivity contribution < 1.29 is 8.42 Å². The van der Waals surface area contributed by atoms with Crippen molar-refractivity contribution in [1.82, 2.24) is 4.31 Å². The van der Waals surface area contributed by atoms with Crippen molar-refractivity contribution in [3.8, 4) is 0 Å². The lowest BCUT2D eigenvalue weighted by atomic mass is 10.0. The lowest BCUT2D eigenvalue weighted by Crippen LogP contribution is -2.29. The molecular weight excluding hydrogens is 270 g/mol. The Kier molecular flexibility index (Phi) is 3.99. The van der Waals surface area contributed by atoms with Crippen LogP contribution in [0.15, 0.2) is 29.2 Å². The second kappa shape index (κ2) is 5.19. The van der Waals surface area contributed by atoms with Crippen molar-refractivity contribution in [2.24, 2.45) is 11.8 Å². The third-order valence-corrected chi connectivity index (χ3v) is 5.91. The molecule has 3 nitrogen and oxygen atoms in total. The summed E-state index contributed by atoms with van der Waals surface area (Å²) in [6.45, 7) is 5.38. The highest BCUT2D eigenvalue weighted by atomic mass is 35.5. The third-order valence-electron chi connectivity index (χ3n) is 3.69. The molecule has 0 N–H and O–H groups in total. The zero-order valence-electron chi connectivity index (χ0n) is 10.6. The number of nitrogens with zero attached hydrogens (tertiary/aromatic N) is 1. The van der Waals surface area contributed by atoms with E-state index in [1.54, 1.807) is 22.5 Å². The van der Waals surface area contributed by atoms with E-state index in [1.165, 1.54) is 0 Å². The monoisotopic (exact) mass is 287 g/mol. The number of alkyl halides is 1. The molecule has 0 aromatic heterocycles. The van der Waals surface area contributed by atoms with Crippen molar-refractivity contribution in [2.75, 3.05) is 13.1 Å². The van der Waals surface area contributed by atoms with E-state index < -0.39 is 10.0 Å². The Morgan fingerprint density at radius 3 is 2.33 bits per heavy atom. The maximum absolute atomic E-state index is 12.6. The Morgan fingerprint density at radius 2 is 1.78 bits per heavy atom. The van der Waals surface area contributed by atoms with Crippen molar-refractivity contribution in [2.45, 2.75) is 24.6 Å². The summed E-state index contributed by atoms with van der Waals surface area (Å²) in [6, 6.07) is 6.96. The summed E-state index contributed by atoms with van der Waals surface area (Å²) in [5.74, 6) is 1.03. The summed E-state index contributed by atoms with van der Waals surface area (Å²) in [5.41, 5.74) is 0.673. The SMILES string of the molecule is CC1CN(S(=O)(=O)c2ccccc2CCl)CC1C. The summed E-state index contributed by atoms with van der Waals surface area (Å²) in [5, 5.41) is 0. The average Bonchev–Trinajstić information content (AvgIpc) is 2.70. The van der Waals surface area contributed by atoms with Gasteiger partial charge in [0.05, 0.1) is 4.90 Å². The highest BCUT2D eigenvalue weighted by Gasteiger charge is 2.35. The van der Waals surface area contributed by atoms with E-state index in [1.807, 2.05) is 6.07 Å². The van der Waals surface area contributed by atoms with Gasteiger partial charge < -0.3 is 0 Å². The van der Waals surface area contributed by atoms with Gasteiger partial charge in [0.1, 0.15) is 0 Å². The summed E-state index contributed by atoms with van der Waals surface area (Å²) < 4.78 is 26.7. The van der Waals surface area contributed by atoms with Crippen LogP contribution >= 0.6 is 11.6 Å². The molecule has 18 heavy (non-hydrogen) atoms. The molecule has 0 amide bonds. The van der Waals surface area contributed by atoms with Crippen LogP contribution in [0.3, 0.4) is 0 Å². The van der Waals surface area contributed by atoms with E-state index >= 15 is 0 Å². The topological polar surface area (TPSA) is 37.4 Å². The maximum atomic E-state index is 12.6. The lowest BCUT2D eigenvalue weighted by Gasteiger charge is -2.18. The molecule has 1 aromatic carbocycles. The fourth-order valence-corrected chi connectivity index (χ4v) is 4.45. The molecule has 1 aliphatic heterocycles. The van der Waals surface area contributed by atoms with Gasteiger partial charge in [0.15, 0.2) is 0 Å². The molecule has 2 rings (SSSR count). The van der Waals surface area contributed by atoms with Crippen LogP contribution < -0.4 is 0 Å². The first-order valence-electron chi connectivity index (χ1n) is 6.11. The fourth-order valence-electron chi connectivity index (χ4n) is 2.28. The number of hydrogen-bond acceptors (Lipinski definition) is 2. The first-order chi connectivity index (χ1) is 8.46. The van der Waals surface area contributed by atoms with Gasteiger partial charge in [-0.1, -0.05) is 32.0 Å². The smallest absolute Gasteiger partial charge is 0.207 e. The van der Waals surface area contributed by atoms with Crippen molar-refractivity contribution in [3.05, 3.63) is 29.8 Å². The standard InChI is InChI=1S/C13H18ClNO2S/c1-10-8-15(9-11(10)2)18(16,17)13-6-4-3-5-12(13)7-14/h3-6,10-11H,7-9H2,1-2H3. The predicted octanol–water partition coefficient (Wildman–Crippen LogP) is 2.70. The van der Waals surface area contributed by atoms with Crippen molar-refractivity contribution >= 4 is 21.6 Å². The minimum Gasteiger partial charge on any atom is -0.207 e. The van der Waals surface area contributed by atoms with Gasteiger partial charge in [0.2, 0.25) is 10.0 Å². The molecule has 0 spiro atoms. The Morgan fingerprint density at radius 1 is 1.22 bits per heavy atom. The third kappa shape index (κ3) is 2.42. The van der Waals surface area contributed by atoms with Gasteiger partial charge in [-0.2, -0.15) is 4.31 Å². The van der Waals surface area contributed by atoms with Gasteiger partial charge in [-0.3, -0.25) is 0 Å². The molecule has 1 heterocycles. The molecule has 0 saturated carbocycles. The number of rotatable bonds is 3. The predicted molar refractivity (Wildman–Crippen MR) is 73.1 cm³/mol. The first-order valence-corrected chi connectivity index (χ1v) is 8.08. The molecule has 5 heteroatoms. The van der Waals surface area contributed by atoms with Crippen LogP contribution in [0.2, 0.25) is 0 Å². The molecule has 2 atom stereocenters. The van der Waals surface area contributed by atoms with Crippen LogP contribution in [-0.4, -0.2) is 25.8 Å². The summed E-state index contributed by atoms with van der Waals surface area (Å²) in [6.07, 6.45) is 0. The normalized spacial score (nSPS) is 25.5. The van der Waals surface area contributed by atoms with E-state index in [0.717, 1.165) is 0 Å². The van der Waals surface area contributed by atoms with Gasteiger partial charge >= 0.3 is 0 Å². The highest BCUT2D eigenvalue weighted by molar-refractivity contribution is 7.89. The van der Waals surface area contributed by atoms with Crippen molar-refractivity contribution in [1.29, 1.82) is 0 Å². The minimum absolute atomic E-state index is 0.217. The van der Waals surface area contributed by atoms with Gasteiger partial charge in [-0.05, 0) is 23.5 Å². The Labute approximate surface area is 114 Å². The van der Waals surface area contributed by atoms with E-state index in [2.05, 4.69) is 13.8 Å². The number of sulfonamides is 1. The summed E-state index contributed by atoms with van der Waals surface area (Å²) in [4.78, 5) is 0.348. The molecule has 1 saturated heterocycles. The molecule has 0 aliphatic carbocycles. The second-order valence-electron chi connectivity index (χ2n) is 5.02. The molecule has 1 fully saturated rings. The van der Waals surface area contributed by atoms with Gasteiger partial charge in [0, 0.05) is 19.0 Å². The van der Waals surface area contributed by atoms with Crippen LogP contribution in [0.25, 0.3) is 0 Å². The number of hydrogen-bond donors (Lipinski definition) is 0. The fraction of sp³-hybridized carbons (Fsp3) is 0.538. The van der Waals surface area contributed by atoms with Crippen LogP contribution in [0.1, 0.15) is 19.4 Å². The summed E-state index contributed by atoms with van der Waals surface area (Å²) in [7, 11) is -3.40. The van der Waals surface area contributed by atoms with E-state index in [9.17, 15) is 8.42 Å². The zero-order chi connectivity index (χ0) is 13.3. The minimum atomic E-state index is -3.40. The van der Waals surface area contributed by atoms with E-state index in [4.69, 9.17) is 11.6 Å². The van der Waals surface area contributed by atoms with Gasteiger partial charge in [-0.25, -0.2) is 8.42 Å². The molecule has 0 radical (unpaired) electrons. The van der Waals surface area contributed by atoms with Crippen LogP contribution in [0, 0.1) is 11.8 Å². The van der Waals surface area contributed by atoms with Crippen LogP contribution in [-0.2, 0) is 15.9 Å². The Hall–Kier alpha value is -0.580. The highest BCUT2D eigenvalue weighted by Crippen LogP contribution is 2.29. The molecule has 100 valence electrons. The molecular formula is C13H18ClNO2S. The van der Waals surface area contributed by atoms with E-state index in [0.29, 0.717) is 35.4 Å². The molecule has 1 aromatic rings.